The van der Waals surface area contributed by atoms with Gasteiger partial charge in [-0.1, -0.05) is 0 Å². The molecular formula is C15H32N4O2S. The lowest BCUT2D eigenvalue weighted by Gasteiger charge is -2.29. The number of nitrogens with one attached hydrogen (secondary N) is 2. The fraction of sp³-hybridized carbons (Fsp3) is 0.933. The third-order valence-electron chi connectivity index (χ3n) is 4.21. The van der Waals surface area contributed by atoms with Gasteiger partial charge in [0.1, 0.15) is 9.84 Å². The second-order valence-electron chi connectivity index (χ2n) is 6.50. The standard InChI is InChI=1S/C15H32N4O2S/c1-13(8-12-22(4,20)21)18-15(16-2)17-9-5-14-6-10-19(3)11-7-14/h13-14H,5-12H2,1-4H3,(H2,16,17,18). The summed E-state index contributed by atoms with van der Waals surface area (Å²) in [4.78, 5) is 6.59. The molecule has 0 saturated carbocycles. The van der Waals surface area contributed by atoms with Crippen LogP contribution in [0.4, 0.5) is 0 Å². The topological polar surface area (TPSA) is 73.8 Å². The average Bonchev–Trinajstić information content (AvgIpc) is 2.45. The molecule has 22 heavy (non-hydrogen) atoms. The Bertz CT molecular complexity index is 442. The maximum Gasteiger partial charge on any atom is 0.191 e. The number of piperidine rings is 1. The minimum atomic E-state index is -2.90. The van der Waals surface area contributed by atoms with Crippen molar-refractivity contribution in [3.8, 4) is 0 Å². The lowest BCUT2D eigenvalue weighted by Crippen LogP contribution is -2.43. The molecule has 1 aliphatic rings. The molecule has 1 fully saturated rings. The van der Waals surface area contributed by atoms with E-state index in [9.17, 15) is 8.42 Å². The predicted octanol–water partition coefficient (Wildman–Crippen LogP) is 0.707. The van der Waals surface area contributed by atoms with E-state index in [1.807, 2.05) is 6.92 Å². The van der Waals surface area contributed by atoms with E-state index in [4.69, 9.17) is 0 Å². The van der Waals surface area contributed by atoms with Crippen LogP contribution < -0.4 is 10.6 Å². The van der Waals surface area contributed by atoms with Crippen LogP contribution in [-0.4, -0.2) is 71.1 Å². The number of hydrogen-bond donors (Lipinski definition) is 2. The molecule has 130 valence electrons. The first-order valence-electron chi connectivity index (χ1n) is 8.13. The lowest BCUT2D eigenvalue weighted by molar-refractivity contribution is 0.213. The predicted molar refractivity (Wildman–Crippen MR) is 93.1 cm³/mol. The molecule has 1 saturated heterocycles. The average molecular weight is 333 g/mol. The van der Waals surface area contributed by atoms with Crippen molar-refractivity contribution in [2.75, 3.05) is 45.7 Å². The molecule has 6 nitrogen and oxygen atoms in total. The molecule has 0 bridgehead atoms. The zero-order chi connectivity index (χ0) is 16.6. The number of rotatable bonds is 7. The first-order chi connectivity index (χ1) is 10.3. The molecule has 1 aliphatic heterocycles. The number of hydrogen-bond acceptors (Lipinski definition) is 4. The molecule has 1 atom stereocenters. The van der Waals surface area contributed by atoms with Gasteiger partial charge in [-0.05, 0) is 58.7 Å². The van der Waals surface area contributed by atoms with E-state index in [-0.39, 0.29) is 11.8 Å². The Labute approximate surface area is 135 Å². The number of guanidine groups is 1. The van der Waals surface area contributed by atoms with E-state index < -0.39 is 9.84 Å². The van der Waals surface area contributed by atoms with Gasteiger partial charge in [-0.3, -0.25) is 4.99 Å². The first-order valence-corrected chi connectivity index (χ1v) is 10.2. The van der Waals surface area contributed by atoms with Gasteiger partial charge in [-0.25, -0.2) is 8.42 Å². The van der Waals surface area contributed by atoms with Gasteiger partial charge in [-0.15, -0.1) is 0 Å². The number of nitrogens with zero attached hydrogens (tertiary/aromatic N) is 2. The van der Waals surface area contributed by atoms with Crippen LogP contribution in [0.15, 0.2) is 4.99 Å². The minimum absolute atomic E-state index is 0.0873. The number of aliphatic imine (C=N–C) groups is 1. The molecule has 1 rings (SSSR count). The van der Waals surface area contributed by atoms with E-state index in [2.05, 4.69) is 27.6 Å². The Kier molecular flexibility index (Phi) is 8.17. The quantitative estimate of drug-likeness (QED) is 0.530. The largest absolute Gasteiger partial charge is 0.356 e. The molecule has 1 unspecified atom stereocenters. The highest BCUT2D eigenvalue weighted by atomic mass is 32.2. The van der Waals surface area contributed by atoms with Crippen LogP contribution in [0.25, 0.3) is 0 Å². The summed E-state index contributed by atoms with van der Waals surface area (Å²) in [5.74, 6) is 1.76. The van der Waals surface area contributed by atoms with E-state index in [0.29, 0.717) is 6.42 Å². The molecule has 7 heteroatoms. The summed E-state index contributed by atoms with van der Waals surface area (Å²) in [7, 11) is 1.02. The Balaban J connectivity index is 2.22. The molecule has 0 aromatic rings. The van der Waals surface area contributed by atoms with Gasteiger partial charge in [-0.2, -0.15) is 0 Å². The zero-order valence-corrected chi connectivity index (χ0v) is 15.2. The molecule has 0 radical (unpaired) electrons. The van der Waals surface area contributed by atoms with E-state index >= 15 is 0 Å². The van der Waals surface area contributed by atoms with Gasteiger partial charge >= 0.3 is 0 Å². The van der Waals surface area contributed by atoms with Crippen molar-refractivity contribution in [1.29, 1.82) is 0 Å². The van der Waals surface area contributed by atoms with Gasteiger partial charge < -0.3 is 15.5 Å². The van der Waals surface area contributed by atoms with Crippen LogP contribution in [0.3, 0.4) is 0 Å². The maximum atomic E-state index is 11.2. The van der Waals surface area contributed by atoms with Gasteiger partial charge in [0.15, 0.2) is 5.96 Å². The van der Waals surface area contributed by atoms with Crippen molar-refractivity contribution in [3.05, 3.63) is 0 Å². The molecule has 0 spiro atoms. The Hall–Kier alpha value is -0.820. The molecule has 0 aromatic heterocycles. The second kappa shape index (κ2) is 9.35. The number of likely N-dealkylation sites (tertiary alicyclic amines) is 1. The van der Waals surface area contributed by atoms with Crippen molar-refractivity contribution in [3.63, 3.8) is 0 Å². The molecule has 0 amide bonds. The van der Waals surface area contributed by atoms with Crippen LogP contribution in [0.2, 0.25) is 0 Å². The summed E-state index contributed by atoms with van der Waals surface area (Å²) in [6.45, 7) is 5.28. The highest BCUT2D eigenvalue weighted by molar-refractivity contribution is 7.90. The summed E-state index contributed by atoms with van der Waals surface area (Å²) in [5.41, 5.74) is 0. The van der Waals surface area contributed by atoms with E-state index in [1.165, 1.54) is 32.2 Å². The Morgan fingerprint density at radius 2 is 2.00 bits per heavy atom. The normalized spacial score (nSPS) is 19.9. The van der Waals surface area contributed by atoms with Crippen molar-refractivity contribution in [1.82, 2.24) is 15.5 Å². The Morgan fingerprint density at radius 1 is 1.36 bits per heavy atom. The third kappa shape index (κ3) is 8.58. The fourth-order valence-electron chi connectivity index (χ4n) is 2.64. The van der Waals surface area contributed by atoms with Gasteiger partial charge in [0, 0.05) is 25.9 Å². The van der Waals surface area contributed by atoms with Gasteiger partial charge in [0.25, 0.3) is 0 Å². The van der Waals surface area contributed by atoms with E-state index in [0.717, 1.165) is 24.8 Å². The highest BCUT2D eigenvalue weighted by Gasteiger charge is 2.16. The van der Waals surface area contributed by atoms with Crippen LogP contribution in [-0.2, 0) is 9.84 Å². The highest BCUT2D eigenvalue weighted by Crippen LogP contribution is 2.18. The second-order valence-corrected chi connectivity index (χ2v) is 8.76. The summed E-state index contributed by atoms with van der Waals surface area (Å²) in [6, 6.07) is 0.0873. The smallest absolute Gasteiger partial charge is 0.191 e. The molecule has 0 aromatic carbocycles. The lowest BCUT2D eigenvalue weighted by atomic mass is 9.94. The van der Waals surface area contributed by atoms with E-state index in [1.54, 1.807) is 7.05 Å². The molecule has 0 aliphatic carbocycles. The maximum absolute atomic E-state index is 11.2. The first kappa shape index (κ1) is 19.2. The molecular weight excluding hydrogens is 300 g/mol. The van der Waals surface area contributed by atoms with Crippen LogP contribution >= 0.6 is 0 Å². The van der Waals surface area contributed by atoms with Gasteiger partial charge in [0.05, 0.1) is 5.75 Å². The van der Waals surface area contributed by atoms with Crippen LogP contribution in [0.1, 0.15) is 32.6 Å². The third-order valence-corrected chi connectivity index (χ3v) is 5.19. The van der Waals surface area contributed by atoms with Crippen molar-refractivity contribution in [2.45, 2.75) is 38.6 Å². The molecule has 1 heterocycles. The SMILES string of the molecule is CN=C(NCCC1CCN(C)CC1)NC(C)CCS(C)(=O)=O. The van der Waals surface area contributed by atoms with Crippen molar-refractivity contribution in [2.24, 2.45) is 10.9 Å². The summed E-state index contributed by atoms with van der Waals surface area (Å²) in [5, 5.41) is 6.58. The van der Waals surface area contributed by atoms with Gasteiger partial charge in [0.2, 0.25) is 0 Å². The zero-order valence-electron chi connectivity index (χ0n) is 14.4. The summed E-state index contributed by atoms with van der Waals surface area (Å²) in [6.07, 6.45) is 5.57. The number of sulfone groups is 1. The fourth-order valence-corrected chi connectivity index (χ4v) is 3.42. The Morgan fingerprint density at radius 3 is 2.55 bits per heavy atom. The minimum Gasteiger partial charge on any atom is -0.356 e. The summed E-state index contributed by atoms with van der Waals surface area (Å²) >= 11 is 0. The monoisotopic (exact) mass is 332 g/mol. The molecule has 2 N–H and O–H groups in total. The summed E-state index contributed by atoms with van der Waals surface area (Å²) < 4.78 is 22.4. The van der Waals surface area contributed by atoms with Crippen molar-refractivity contribution < 1.29 is 8.42 Å². The van der Waals surface area contributed by atoms with Crippen LogP contribution in [0.5, 0.6) is 0 Å². The van der Waals surface area contributed by atoms with Crippen molar-refractivity contribution >= 4 is 15.8 Å². The van der Waals surface area contributed by atoms with Crippen LogP contribution in [0, 0.1) is 5.92 Å².